The minimum absolute atomic E-state index is 0.0203. The van der Waals surface area contributed by atoms with E-state index in [1.165, 1.54) is 64.2 Å². The summed E-state index contributed by atoms with van der Waals surface area (Å²) >= 11 is 0. The van der Waals surface area contributed by atoms with Crippen LogP contribution in [0, 0.1) is 11.8 Å². The number of ether oxygens (including phenoxy) is 2. The molecular formula is C43H75O11P. The van der Waals surface area contributed by atoms with E-state index in [-0.39, 0.29) is 37.6 Å². The summed E-state index contributed by atoms with van der Waals surface area (Å²) in [7, 11) is -4.83. The summed E-state index contributed by atoms with van der Waals surface area (Å²) in [6, 6.07) is 0. The van der Waals surface area contributed by atoms with Crippen molar-refractivity contribution in [1.29, 1.82) is 0 Å². The van der Waals surface area contributed by atoms with Gasteiger partial charge in [-0.05, 0) is 57.8 Å². The Morgan fingerprint density at radius 2 is 1.29 bits per heavy atom. The Labute approximate surface area is 332 Å². The molecule has 0 amide bonds. The molecule has 0 bridgehead atoms. The van der Waals surface area contributed by atoms with Gasteiger partial charge in [-0.1, -0.05) is 134 Å². The first kappa shape index (κ1) is 50.9. The van der Waals surface area contributed by atoms with Crippen LogP contribution >= 0.6 is 7.82 Å². The zero-order chi connectivity index (χ0) is 40.6. The number of phosphoric ester groups is 1. The molecule has 55 heavy (non-hydrogen) atoms. The van der Waals surface area contributed by atoms with Gasteiger partial charge in [0, 0.05) is 31.1 Å². The van der Waals surface area contributed by atoms with Crippen molar-refractivity contribution in [2.45, 2.75) is 193 Å². The number of hydrogen-bond donors (Lipinski definition) is 4. The van der Waals surface area contributed by atoms with E-state index in [0.717, 1.165) is 44.9 Å². The molecule has 12 heteroatoms. The molecule has 11 nitrogen and oxygen atoms in total. The van der Waals surface area contributed by atoms with Gasteiger partial charge in [0.15, 0.2) is 6.10 Å². The van der Waals surface area contributed by atoms with Gasteiger partial charge in [0.25, 0.3) is 0 Å². The van der Waals surface area contributed by atoms with Crippen molar-refractivity contribution in [3.05, 3.63) is 36.5 Å². The fourth-order valence-corrected chi connectivity index (χ4v) is 7.06. The number of carbonyl (C=O) groups is 3. The topological polar surface area (TPSA) is 177 Å². The van der Waals surface area contributed by atoms with Gasteiger partial charge in [-0.2, -0.15) is 0 Å². The number of phosphoric acid groups is 1. The molecule has 0 aromatic heterocycles. The second-order valence-corrected chi connectivity index (χ2v) is 16.3. The van der Waals surface area contributed by atoms with Crippen molar-refractivity contribution in [1.82, 2.24) is 0 Å². The van der Waals surface area contributed by atoms with E-state index in [9.17, 15) is 29.2 Å². The maximum atomic E-state index is 12.5. The number of unbranched alkanes of at least 4 members (excludes halogenated alkanes) is 16. The van der Waals surface area contributed by atoms with Gasteiger partial charge in [0.1, 0.15) is 12.4 Å². The fraction of sp³-hybridized carbons (Fsp3) is 0.791. The summed E-state index contributed by atoms with van der Waals surface area (Å²) < 4.78 is 26.4. The Balaban J connectivity index is 2.28. The second-order valence-electron chi connectivity index (χ2n) is 15.1. The van der Waals surface area contributed by atoms with Crippen LogP contribution in [0.2, 0.25) is 0 Å². The van der Waals surface area contributed by atoms with Crippen molar-refractivity contribution in [3.63, 3.8) is 0 Å². The molecule has 0 spiro atoms. The van der Waals surface area contributed by atoms with Gasteiger partial charge < -0.3 is 29.5 Å². The highest BCUT2D eigenvalue weighted by Crippen LogP contribution is 2.36. The lowest BCUT2D eigenvalue weighted by Gasteiger charge is -2.18. The third-order valence-corrected chi connectivity index (χ3v) is 10.5. The van der Waals surface area contributed by atoms with Gasteiger partial charge in [-0.25, -0.2) is 4.57 Å². The van der Waals surface area contributed by atoms with Crippen molar-refractivity contribution in [2.24, 2.45) is 11.8 Å². The fourth-order valence-electron chi connectivity index (χ4n) is 6.70. The summed E-state index contributed by atoms with van der Waals surface area (Å²) in [4.78, 5) is 55.5. The Bertz CT molecular complexity index is 1150. The summed E-state index contributed by atoms with van der Waals surface area (Å²) in [5, 5.41) is 20.6. The van der Waals surface area contributed by atoms with Gasteiger partial charge >= 0.3 is 19.8 Å². The van der Waals surface area contributed by atoms with Gasteiger partial charge in [-0.15, -0.1) is 0 Å². The van der Waals surface area contributed by atoms with Crippen LogP contribution in [0.4, 0.5) is 0 Å². The standard InChI is InChI=1S/C43H75O11P/c1-3-5-7-8-9-10-11-12-13-14-15-16-17-18-19-20-25-29-42(47)52-34-37(35-53-55(49,50)51)54-43(48)30-26-22-21-24-28-38-39(41(46)33-40(38)45)32-31-36(44)27-23-6-4-2/h12-13,21,24,31-32,36-40,44-45H,3-11,14-20,22-23,25-30,33-35H2,1-2H3,(H2,49,50,51)/b13-12-,24-21-,32-31+/t36-,37+,38+,39+,40-/m0/s1. The van der Waals surface area contributed by atoms with Crippen LogP contribution in [0.1, 0.15) is 174 Å². The normalized spacial score (nSPS) is 18.9. The highest BCUT2D eigenvalue weighted by Gasteiger charge is 2.39. The molecule has 4 N–H and O–H groups in total. The predicted molar refractivity (Wildman–Crippen MR) is 217 cm³/mol. The SMILES string of the molecule is CCCCCCCC/C=C\CCCCCCCCCC(=O)OC[C@H](COP(=O)(O)O)OC(=O)CCC/C=C\C[C@H]1[C@@H](O)CC(=O)[C@@H]1/C=C/[C@@H](O)CCCCC. The van der Waals surface area contributed by atoms with Crippen LogP contribution in [-0.4, -0.2) is 69.2 Å². The number of Topliss-reactive ketones (excluding diaryl/α,β-unsaturated/α-hetero) is 1. The van der Waals surface area contributed by atoms with Gasteiger partial charge in [0.2, 0.25) is 0 Å². The van der Waals surface area contributed by atoms with E-state index >= 15 is 0 Å². The van der Waals surface area contributed by atoms with E-state index in [4.69, 9.17) is 19.3 Å². The quantitative estimate of drug-likeness (QED) is 0.0208. The monoisotopic (exact) mass is 799 g/mol. The second kappa shape index (κ2) is 32.9. The summed E-state index contributed by atoms with van der Waals surface area (Å²) in [6.07, 6.45) is 32.3. The molecule has 1 rings (SSSR count). The molecule has 0 heterocycles. The molecule has 1 aliphatic rings. The molecule has 1 saturated carbocycles. The van der Waals surface area contributed by atoms with Crippen molar-refractivity contribution < 1.29 is 52.9 Å². The van der Waals surface area contributed by atoms with Crippen molar-refractivity contribution in [3.8, 4) is 0 Å². The lowest BCUT2D eigenvalue weighted by atomic mass is 9.90. The molecule has 0 radical (unpaired) electrons. The summed E-state index contributed by atoms with van der Waals surface area (Å²) in [5.41, 5.74) is 0. The average molecular weight is 799 g/mol. The highest BCUT2D eigenvalue weighted by atomic mass is 31.2. The first-order chi connectivity index (χ1) is 26.5. The molecule has 1 aliphatic carbocycles. The minimum Gasteiger partial charge on any atom is -0.462 e. The molecular weight excluding hydrogens is 723 g/mol. The third kappa shape index (κ3) is 28.8. The molecule has 1 fully saturated rings. The molecule has 5 atom stereocenters. The number of esters is 2. The van der Waals surface area contributed by atoms with Gasteiger partial charge in [0.05, 0.1) is 18.8 Å². The van der Waals surface area contributed by atoms with Crippen LogP contribution in [0.25, 0.3) is 0 Å². The Morgan fingerprint density at radius 1 is 0.745 bits per heavy atom. The number of ketones is 1. The molecule has 0 aromatic carbocycles. The largest absolute Gasteiger partial charge is 0.469 e. The first-order valence-electron chi connectivity index (χ1n) is 21.4. The Morgan fingerprint density at radius 3 is 1.93 bits per heavy atom. The van der Waals surface area contributed by atoms with Gasteiger partial charge in [-0.3, -0.25) is 18.9 Å². The summed E-state index contributed by atoms with van der Waals surface area (Å²) in [5.74, 6) is -1.86. The van der Waals surface area contributed by atoms with Crippen molar-refractivity contribution in [2.75, 3.05) is 13.2 Å². The smallest absolute Gasteiger partial charge is 0.462 e. The maximum Gasteiger partial charge on any atom is 0.469 e. The Kier molecular flexibility index (Phi) is 30.4. The average Bonchev–Trinajstić information content (AvgIpc) is 3.41. The molecule has 0 aliphatic heterocycles. The van der Waals surface area contributed by atoms with E-state index in [2.05, 4.69) is 30.5 Å². The number of hydrogen-bond acceptors (Lipinski definition) is 9. The van der Waals surface area contributed by atoms with E-state index in [1.807, 2.05) is 12.2 Å². The van der Waals surface area contributed by atoms with Crippen LogP contribution in [0.15, 0.2) is 36.5 Å². The molecule has 0 saturated heterocycles. The number of aliphatic hydroxyl groups excluding tert-OH is 2. The predicted octanol–water partition coefficient (Wildman–Crippen LogP) is 9.55. The van der Waals surface area contributed by atoms with E-state index in [0.29, 0.717) is 32.1 Å². The van der Waals surface area contributed by atoms with Crippen LogP contribution in [0.5, 0.6) is 0 Å². The maximum absolute atomic E-state index is 12.5. The number of carbonyl (C=O) groups excluding carboxylic acids is 3. The molecule has 318 valence electrons. The minimum atomic E-state index is -4.83. The number of aliphatic hydroxyl groups is 2. The van der Waals surface area contributed by atoms with E-state index in [1.54, 1.807) is 12.2 Å². The highest BCUT2D eigenvalue weighted by molar-refractivity contribution is 7.46. The third-order valence-electron chi connectivity index (χ3n) is 10.0. The number of rotatable bonds is 35. The molecule has 0 aromatic rings. The number of allylic oxidation sites excluding steroid dienone is 5. The zero-order valence-electron chi connectivity index (χ0n) is 34.0. The lowest BCUT2D eigenvalue weighted by molar-refractivity contribution is -0.161. The lowest BCUT2D eigenvalue weighted by Crippen LogP contribution is -2.29. The van der Waals surface area contributed by atoms with Crippen molar-refractivity contribution >= 4 is 25.5 Å². The van der Waals surface area contributed by atoms with Crippen LogP contribution < -0.4 is 0 Å². The summed E-state index contributed by atoms with van der Waals surface area (Å²) in [6.45, 7) is 3.35. The zero-order valence-corrected chi connectivity index (χ0v) is 34.9. The van der Waals surface area contributed by atoms with Crippen LogP contribution in [0.3, 0.4) is 0 Å². The first-order valence-corrected chi connectivity index (χ1v) is 22.9. The van der Waals surface area contributed by atoms with E-state index < -0.39 is 50.6 Å². The van der Waals surface area contributed by atoms with Crippen LogP contribution in [-0.2, 0) is 32.9 Å². The molecule has 0 unspecified atom stereocenters. The Hall–Kier alpha value is -2.14.